The van der Waals surface area contributed by atoms with E-state index in [0.717, 1.165) is 12.8 Å². The lowest BCUT2D eigenvalue weighted by Crippen LogP contribution is -2.39. The van der Waals surface area contributed by atoms with Crippen LogP contribution in [0.3, 0.4) is 0 Å². The van der Waals surface area contributed by atoms with E-state index < -0.39 is 5.82 Å². The second-order valence-electron chi connectivity index (χ2n) is 4.23. The zero-order valence-electron chi connectivity index (χ0n) is 9.40. The lowest BCUT2D eigenvalue weighted by atomic mass is 9.99. The van der Waals surface area contributed by atoms with Crippen LogP contribution in [0.25, 0.3) is 0 Å². The summed E-state index contributed by atoms with van der Waals surface area (Å²) in [6.07, 6.45) is 1.67. The van der Waals surface area contributed by atoms with Crippen molar-refractivity contribution in [2.75, 3.05) is 13.1 Å². The molecule has 88 valence electrons. The minimum absolute atomic E-state index is 0.0961. The standard InChI is InChI=1S/C13H13FN2O/c14-12-5-1-4-11(7-12)13(17)16-6-2-3-10(8-15)9-16/h1,4-5,7,10H,2-3,6,9H2. The molecule has 1 heterocycles. The highest BCUT2D eigenvalue weighted by molar-refractivity contribution is 5.94. The minimum Gasteiger partial charge on any atom is -0.337 e. The fourth-order valence-electron chi connectivity index (χ4n) is 2.07. The van der Waals surface area contributed by atoms with Gasteiger partial charge in [-0.25, -0.2) is 4.39 Å². The Kier molecular flexibility index (Phi) is 3.38. The Morgan fingerprint density at radius 3 is 3.06 bits per heavy atom. The fourth-order valence-corrected chi connectivity index (χ4v) is 2.07. The lowest BCUT2D eigenvalue weighted by molar-refractivity contribution is 0.0698. The van der Waals surface area contributed by atoms with Gasteiger partial charge in [0.2, 0.25) is 0 Å². The molecule has 0 spiro atoms. The van der Waals surface area contributed by atoms with E-state index in [1.54, 1.807) is 11.0 Å². The van der Waals surface area contributed by atoms with Crippen LogP contribution >= 0.6 is 0 Å². The first-order chi connectivity index (χ1) is 8.20. The quantitative estimate of drug-likeness (QED) is 0.745. The zero-order valence-corrected chi connectivity index (χ0v) is 9.40. The average Bonchev–Trinajstić information content (AvgIpc) is 2.38. The van der Waals surface area contributed by atoms with E-state index in [1.165, 1.54) is 18.2 Å². The first-order valence-electron chi connectivity index (χ1n) is 5.65. The summed E-state index contributed by atoms with van der Waals surface area (Å²) < 4.78 is 13.0. The molecule has 2 rings (SSSR count). The van der Waals surface area contributed by atoms with Crippen molar-refractivity contribution >= 4 is 5.91 Å². The summed E-state index contributed by atoms with van der Waals surface area (Å²) in [5.41, 5.74) is 0.351. The van der Waals surface area contributed by atoms with Crippen molar-refractivity contribution in [2.45, 2.75) is 12.8 Å². The number of carbonyl (C=O) groups is 1. The van der Waals surface area contributed by atoms with Crippen LogP contribution in [0.5, 0.6) is 0 Å². The molecule has 3 nitrogen and oxygen atoms in total. The Hall–Kier alpha value is -1.89. The number of nitrogens with zero attached hydrogens (tertiary/aromatic N) is 2. The van der Waals surface area contributed by atoms with Crippen LogP contribution < -0.4 is 0 Å². The van der Waals surface area contributed by atoms with E-state index >= 15 is 0 Å². The average molecular weight is 232 g/mol. The van der Waals surface area contributed by atoms with E-state index in [0.29, 0.717) is 18.7 Å². The molecule has 1 unspecified atom stereocenters. The second kappa shape index (κ2) is 4.96. The number of amides is 1. The van der Waals surface area contributed by atoms with Crippen LogP contribution in [0, 0.1) is 23.1 Å². The largest absolute Gasteiger partial charge is 0.337 e. The number of hydrogen-bond donors (Lipinski definition) is 0. The van der Waals surface area contributed by atoms with Gasteiger partial charge in [-0.1, -0.05) is 6.07 Å². The molecule has 1 aliphatic rings. The van der Waals surface area contributed by atoms with Gasteiger partial charge < -0.3 is 4.90 Å². The molecule has 1 aliphatic heterocycles. The highest BCUT2D eigenvalue weighted by Crippen LogP contribution is 2.18. The van der Waals surface area contributed by atoms with Gasteiger partial charge in [-0.05, 0) is 31.0 Å². The van der Waals surface area contributed by atoms with Gasteiger partial charge in [0.25, 0.3) is 5.91 Å². The summed E-state index contributed by atoms with van der Waals surface area (Å²) in [6, 6.07) is 7.85. The summed E-state index contributed by atoms with van der Waals surface area (Å²) in [5.74, 6) is -0.699. The van der Waals surface area contributed by atoms with Crippen LogP contribution in [-0.4, -0.2) is 23.9 Å². The van der Waals surface area contributed by atoms with Gasteiger partial charge in [0.05, 0.1) is 12.0 Å². The summed E-state index contributed by atoms with van der Waals surface area (Å²) >= 11 is 0. The minimum atomic E-state index is -0.412. The van der Waals surface area contributed by atoms with Crippen LogP contribution in [-0.2, 0) is 0 Å². The van der Waals surface area contributed by atoms with Crippen molar-refractivity contribution in [3.8, 4) is 6.07 Å². The van der Waals surface area contributed by atoms with Crippen molar-refractivity contribution < 1.29 is 9.18 Å². The second-order valence-corrected chi connectivity index (χ2v) is 4.23. The molecular formula is C13H13FN2O. The summed E-state index contributed by atoms with van der Waals surface area (Å²) in [4.78, 5) is 13.7. The number of piperidine rings is 1. The molecule has 1 saturated heterocycles. The Morgan fingerprint density at radius 2 is 2.35 bits per heavy atom. The van der Waals surface area contributed by atoms with Crippen LogP contribution in [0.15, 0.2) is 24.3 Å². The third-order valence-corrected chi connectivity index (χ3v) is 2.96. The molecule has 17 heavy (non-hydrogen) atoms. The zero-order chi connectivity index (χ0) is 12.3. The van der Waals surface area contributed by atoms with Crippen LogP contribution in [0.4, 0.5) is 4.39 Å². The number of hydrogen-bond acceptors (Lipinski definition) is 2. The SMILES string of the molecule is N#CC1CCCN(C(=O)c2cccc(F)c2)C1. The molecule has 1 aromatic rings. The van der Waals surface area contributed by atoms with E-state index in [9.17, 15) is 9.18 Å². The Labute approximate surface area is 99.5 Å². The molecule has 1 amide bonds. The Balaban J connectivity index is 2.12. The predicted molar refractivity (Wildman–Crippen MR) is 60.6 cm³/mol. The maximum absolute atomic E-state index is 13.0. The van der Waals surface area contributed by atoms with Crippen LogP contribution in [0.2, 0.25) is 0 Å². The molecule has 1 fully saturated rings. The maximum atomic E-state index is 13.0. The number of rotatable bonds is 1. The summed E-state index contributed by atoms with van der Waals surface area (Å²) in [6.45, 7) is 1.10. The molecule has 0 N–H and O–H groups in total. The van der Waals surface area contributed by atoms with Gasteiger partial charge in [-0.2, -0.15) is 5.26 Å². The van der Waals surface area contributed by atoms with E-state index in [1.807, 2.05) is 0 Å². The third-order valence-electron chi connectivity index (χ3n) is 2.96. The number of likely N-dealkylation sites (tertiary alicyclic amines) is 1. The number of nitriles is 1. The van der Waals surface area contributed by atoms with Gasteiger partial charge in [0, 0.05) is 18.7 Å². The molecule has 0 aliphatic carbocycles. The maximum Gasteiger partial charge on any atom is 0.253 e. The lowest BCUT2D eigenvalue weighted by Gasteiger charge is -2.29. The first-order valence-corrected chi connectivity index (χ1v) is 5.65. The molecule has 1 aromatic carbocycles. The van der Waals surface area contributed by atoms with Gasteiger partial charge in [-0.15, -0.1) is 0 Å². The molecule has 1 atom stereocenters. The normalized spacial score (nSPS) is 19.8. The highest BCUT2D eigenvalue weighted by atomic mass is 19.1. The van der Waals surface area contributed by atoms with E-state index in [4.69, 9.17) is 5.26 Å². The van der Waals surface area contributed by atoms with Gasteiger partial charge in [0.1, 0.15) is 5.82 Å². The van der Waals surface area contributed by atoms with Gasteiger partial charge in [0.15, 0.2) is 0 Å². The van der Waals surface area contributed by atoms with Gasteiger partial charge in [-0.3, -0.25) is 4.79 Å². The van der Waals surface area contributed by atoms with Crippen molar-refractivity contribution in [1.29, 1.82) is 5.26 Å². The van der Waals surface area contributed by atoms with Crippen molar-refractivity contribution in [3.05, 3.63) is 35.6 Å². The van der Waals surface area contributed by atoms with Crippen molar-refractivity contribution in [1.82, 2.24) is 4.90 Å². The topological polar surface area (TPSA) is 44.1 Å². The van der Waals surface area contributed by atoms with Crippen molar-refractivity contribution in [2.24, 2.45) is 5.92 Å². The van der Waals surface area contributed by atoms with E-state index in [2.05, 4.69) is 6.07 Å². The number of carbonyl (C=O) groups excluding carboxylic acids is 1. The van der Waals surface area contributed by atoms with Crippen molar-refractivity contribution in [3.63, 3.8) is 0 Å². The molecular weight excluding hydrogens is 219 g/mol. The molecule has 0 saturated carbocycles. The predicted octanol–water partition coefficient (Wildman–Crippen LogP) is 2.20. The molecule has 0 bridgehead atoms. The monoisotopic (exact) mass is 232 g/mol. The number of halogens is 1. The van der Waals surface area contributed by atoms with Gasteiger partial charge >= 0.3 is 0 Å². The summed E-state index contributed by atoms with van der Waals surface area (Å²) in [5, 5.41) is 8.86. The number of benzene rings is 1. The highest BCUT2D eigenvalue weighted by Gasteiger charge is 2.24. The molecule has 0 radical (unpaired) electrons. The van der Waals surface area contributed by atoms with E-state index in [-0.39, 0.29) is 11.8 Å². The van der Waals surface area contributed by atoms with Crippen LogP contribution in [0.1, 0.15) is 23.2 Å². The molecule has 4 heteroatoms. The first kappa shape index (κ1) is 11.6. The Bertz CT molecular complexity index is 467. The Morgan fingerprint density at radius 1 is 1.53 bits per heavy atom. The third kappa shape index (κ3) is 2.62. The summed E-state index contributed by atoms with van der Waals surface area (Å²) in [7, 11) is 0. The fraction of sp³-hybridized carbons (Fsp3) is 0.385. The molecule has 0 aromatic heterocycles. The smallest absolute Gasteiger partial charge is 0.253 e.